The molecule has 0 fully saturated rings. The van der Waals surface area contributed by atoms with Crippen LogP contribution in [0, 0.1) is 0 Å². The van der Waals surface area contributed by atoms with Gasteiger partial charge in [0, 0.05) is 38.8 Å². The number of fused-ring (bicyclic) bond motifs is 1. The second kappa shape index (κ2) is 8.72. The smallest absolute Gasteiger partial charge is 0.243 e. The number of rotatable bonds is 6. The Morgan fingerprint density at radius 1 is 0.971 bits per heavy atom. The summed E-state index contributed by atoms with van der Waals surface area (Å²) >= 11 is 0. The van der Waals surface area contributed by atoms with Crippen LogP contribution < -0.4 is 14.8 Å². The minimum Gasteiger partial charge on any atom is -0.486 e. The Labute approximate surface area is 200 Å². The Morgan fingerprint density at radius 2 is 1.62 bits per heavy atom. The number of likely N-dealkylation sites (N-methyl/N-ethyl adjacent to an activating group) is 1. The van der Waals surface area contributed by atoms with Crippen LogP contribution in [0.1, 0.15) is 12.5 Å². The molecule has 0 aromatic heterocycles. The number of hydrogen-bond donors (Lipinski definition) is 1. The van der Waals surface area contributed by atoms with Gasteiger partial charge in [0.2, 0.25) is 15.9 Å². The zero-order chi connectivity index (χ0) is 23.9. The lowest BCUT2D eigenvalue weighted by atomic mass is 9.81. The normalized spacial score (nSPS) is 19.8. The van der Waals surface area contributed by atoms with Crippen molar-refractivity contribution in [2.24, 2.45) is 0 Å². The number of hydrogen-bond acceptors (Lipinski definition) is 6. The highest BCUT2D eigenvalue weighted by Crippen LogP contribution is 2.36. The average molecular weight is 484 g/mol. The van der Waals surface area contributed by atoms with Crippen molar-refractivity contribution >= 4 is 15.9 Å². The summed E-state index contributed by atoms with van der Waals surface area (Å²) in [6.45, 7) is 4.82. The first-order chi connectivity index (χ1) is 16.3. The summed E-state index contributed by atoms with van der Waals surface area (Å²) in [5.41, 5.74) is 2.28. The fourth-order valence-electron chi connectivity index (χ4n) is 5.00. The molecule has 3 aliphatic heterocycles. The van der Waals surface area contributed by atoms with Crippen LogP contribution in [0.2, 0.25) is 0 Å². The minimum atomic E-state index is -3.69. The van der Waals surface area contributed by atoms with Gasteiger partial charge in [-0.3, -0.25) is 4.79 Å². The van der Waals surface area contributed by atoms with Gasteiger partial charge >= 0.3 is 0 Å². The van der Waals surface area contributed by atoms with E-state index in [-0.39, 0.29) is 10.8 Å². The van der Waals surface area contributed by atoms with Gasteiger partial charge in [0.05, 0.1) is 10.3 Å². The first kappa shape index (κ1) is 22.9. The Kier molecular flexibility index (Phi) is 5.87. The molecule has 2 aromatic rings. The van der Waals surface area contributed by atoms with E-state index in [1.165, 1.54) is 10.4 Å². The summed E-state index contributed by atoms with van der Waals surface area (Å²) in [5.74, 6) is 1.06. The number of carbonyl (C=O) groups excluding carboxylic acids is 1. The molecule has 34 heavy (non-hydrogen) atoms. The molecule has 1 amide bonds. The third-order valence-electron chi connectivity index (χ3n) is 6.85. The van der Waals surface area contributed by atoms with Gasteiger partial charge in [-0.25, -0.2) is 8.42 Å². The Morgan fingerprint density at radius 3 is 2.26 bits per heavy atom. The molecule has 9 heteroatoms. The largest absolute Gasteiger partial charge is 0.486 e. The molecule has 0 saturated heterocycles. The molecule has 3 aliphatic rings. The third-order valence-corrected chi connectivity index (χ3v) is 8.64. The van der Waals surface area contributed by atoms with E-state index in [2.05, 4.69) is 5.32 Å². The molecule has 0 radical (unpaired) electrons. The van der Waals surface area contributed by atoms with Crippen molar-refractivity contribution in [3.63, 3.8) is 0 Å². The second-order valence-corrected chi connectivity index (χ2v) is 11.1. The van der Waals surface area contributed by atoms with Gasteiger partial charge in [-0.1, -0.05) is 30.3 Å². The van der Waals surface area contributed by atoms with Gasteiger partial charge in [0.25, 0.3) is 0 Å². The lowest BCUT2D eigenvalue weighted by Gasteiger charge is -2.34. The lowest BCUT2D eigenvalue weighted by molar-refractivity contribution is -0.135. The Bertz CT molecular complexity index is 1230. The molecule has 1 unspecified atom stereocenters. The monoisotopic (exact) mass is 483 g/mol. The van der Waals surface area contributed by atoms with Gasteiger partial charge in [-0.15, -0.1) is 0 Å². The highest BCUT2D eigenvalue weighted by atomic mass is 32.2. The van der Waals surface area contributed by atoms with Crippen molar-refractivity contribution in [1.82, 2.24) is 14.5 Å². The van der Waals surface area contributed by atoms with Crippen molar-refractivity contribution in [3.8, 4) is 11.5 Å². The summed E-state index contributed by atoms with van der Waals surface area (Å²) in [7, 11) is -1.84. The lowest BCUT2D eigenvalue weighted by Crippen LogP contribution is -2.50. The molecule has 3 heterocycles. The third kappa shape index (κ3) is 3.87. The summed E-state index contributed by atoms with van der Waals surface area (Å²) in [5, 5.41) is 3.16. The van der Waals surface area contributed by atoms with Gasteiger partial charge in [0.15, 0.2) is 11.5 Å². The molecule has 0 saturated carbocycles. The molecule has 1 N–H and O–H groups in total. The number of carbonyl (C=O) groups is 1. The van der Waals surface area contributed by atoms with Crippen LogP contribution in [0.25, 0.3) is 0 Å². The standard InChI is InChI=1S/C25H29N3O5S/c1-25(17-26-2,20-6-4-3-5-7-20)24(29)27-13-18-15-28(16-19(18)14-27)34(30,31)21-8-9-22-23(12-21)33-11-10-32-22/h3-9,12,26H,10-11,13-17H2,1-2H3. The van der Waals surface area contributed by atoms with E-state index in [1.54, 1.807) is 12.1 Å². The maximum atomic E-state index is 13.6. The molecular formula is C25H29N3O5S. The van der Waals surface area contributed by atoms with E-state index >= 15 is 0 Å². The molecule has 8 nitrogen and oxygen atoms in total. The summed E-state index contributed by atoms with van der Waals surface area (Å²) in [6, 6.07) is 14.5. The van der Waals surface area contributed by atoms with Crippen LogP contribution in [0.3, 0.4) is 0 Å². The second-order valence-electron chi connectivity index (χ2n) is 9.18. The van der Waals surface area contributed by atoms with E-state index in [0.29, 0.717) is 57.4 Å². The molecule has 180 valence electrons. The van der Waals surface area contributed by atoms with Crippen molar-refractivity contribution in [1.29, 1.82) is 0 Å². The summed E-state index contributed by atoms with van der Waals surface area (Å²) in [6.07, 6.45) is 0. The molecular weight excluding hydrogens is 454 g/mol. The number of amides is 1. The molecule has 0 bridgehead atoms. The summed E-state index contributed by atoms with van der Waals surface area (Å²) < 4.78 is 39.2. The van der Waals surface area contributed by atoms with Crippen molar-refractivity contribution in [3.05, 3.63) is 65.2 Å². The number of benzene rings is 2. The van der Waals surface area contributed by atoms with Gasteiger partial charge in [-0.05, 0) is 42.8 Å². The van der Waals surface area contributed by atoms with Crippen molar-refractivity contribution in [2.45, 2.75) is 17.2 Å². The minimum absolute atomic E-state index is 0.0451. The fourth-order valence-corrected chi connectivity index (χ4v) is 6.45. The molecule has 2 aromatic carbocycles. The zero-order valence-electron chi connectivity index (χ0n) is 19.4. The van der Waals surface area contributed by atoms with Crippen LogP contribution in [0.15, 0.2) is 64.6 Å². The highest BCUT2D eigenvalue weighted by molar-refractivity contribution is 7.89. The van der Waals surface area contributed by atoms with E-state index in [0.717, 1.165) is 16.7 Å². The highest BCUT2D eigenvalue weighted by Gasteiger charge is 2.43. The first-order valence-electron chi connectivity index (χ1n) is 11.4. The van der Waals surface area contributed by atoms with Crippen LogP contribution in [-0.2, 0) is 20.2 Å². The Balaban J connectivity index is 1.30. The molecule has 5 rings (SSSR count). The quantitative estimate of drug-likeness (QED) is 0.631. The van der Waals surface area contributed by atoms with Crippen LogP contribution >= 0.6 is 0 Å². The molecule has 0 spiro atoms. The fraction of sp³-hybridized carbons (Fsp3) is 0.400. The maximum Gasteiger partial charge on any atom is 0.243 e. The number of ether oxygens (including phenoxy) is 2. The van der Waals surface area contributed by atoms with Crippen LogP contribution in [-0.4, -0.2) is 76.5 Å². The van der Waals surface area contributed by atoms with E-state index in [9.17, 15) is 13.2 Å². The number of sulfonamides is 1. The molecule has 0 aliphatic carbocycles. The predicted molar refractivity (Wildman–Crippen MR) is 128 cm³/mol. The van der Waals surface area contributed by atoms with Crippen molar-refractivity contribution < 1.29 is 22.7 Å². The summed E-state index contributed by atoms with van der Waals surface area (Å²) in [4.78, 5) is 15.7. The van der Waals surface area contributed by atoms with E-state index in [1.807, 2.05) is 49.2 Å². The number of nitrogens with zero attached hydrogens (tertiary/aromatic N) is 2. The van der Waals surface area contributed by atoms with Gasteiger partial charge in [-0.2, -0.15) is 4.31 Å². The molecule has 1 atom stereocenters. The van der Waals surface area contributed by atoms with Crippen LogP contribution in [0.5, 0.6) is 11.5 Å². The van der Waals surface area contributed by atoms with Crippen LogP contribution in [0.4, 0.5) is 0 Å². The predicted octanol–water partition coefficient (Wildman–Crippen LogP) is 1.78. The van der Waals surface area contributed by atoms with Gasteiger partial charge < -0.3 is 19.7 Å². The van der Waals surface area contributed by atoms with Gasteiger partial charge in [0.1, 0.15) is 13.2 Å². The maximum absolute atomic E-state index is 13.6. The van der Waals surface area contributed by atoms with E-state index in [4.69, 9.17) is 9.47 Å². The first-order valence-corrected chi connectivity index (χ1v) is 12.9. The SMILES string of the molecule is CNCC(C)(C(=O)N1CC2=C(C1)CN(S(=O)(=O)c1ccc3c(c1)OCCO3)C2)c1ccccc1. The topological polar surface area (TPSA) is 88.2 Å². The van der Waals surface area contributed by atoms with Crippen molar-refractivity contribution in [2.75, 3.05) is 53.0 Å². The van der Waals surface area contributed by atoms with E-state index < -0.39 is 15.4 Å². The number of nitrogens with one attached hydrogen (secondary N) is 1. The zero-order valence-corrected chi connectivity index (χ0v) is 20.2. The Hall–Kier alpha value is -2.88. The average Bonchev–Trinajstić information content (AvgIpc) is 3.44.